The van der Waals surface area contributed by atoms with Crippen molar-refractivity contribution < 1.29 is 9.53 Å². The molecule has 0 rings (SSSR count). The van der Waals surface area contributed by atoms with E-state index in [9.17, 15) is 9.70 Å². The van der Waals surface area contributed by atoms with Crippen LogP contribution >= 0.6 is 0 Å². The summed E-state index contributed by atoms with van der Waals surface area (Å²) in [5, 5.41) is 11.1. The molecule has 0 saturated carbocycles. The normalized spacial score (nSPS) is 8.33. The lowest BCUT2D eigenvalue weighted by Gasteiger charge is -2.09. The first kappa shape index (κ1) is 10.4. The van der Waals surface area contributed by atoms with Gasteiger partial charge >= 0.3 is 6.09 Å². The summed E-state index contributed by atoms with van der Waals surface area (Å²) in [4.78, 5) is 20.8. The number of carbonyl (C=O) groups is 1. The average molecular weight is 171 g/mol. The van der Waals surface area contributed by atoms with E-state index in [1.165, 1.54) is 0 Å². The molecule has 0 unspecified atom stereocenters. The highest BCUT2D eigenvalue weighted by Crippen LogP contribution is 1.95. The molecule has 0 atom stereocenters. The second-order valence-electron chi connectivity index (χ2n) is 1.81. The average Bonchev–Trinajstić information content (AvgIpc) is 2.06. The summed E-state index contributed by atoms with van der Waals surface area (Å²) in [6.07, 6.45) is -0.757. The predicted octanol–water partition coefficient (Wildman–Crippen LogP) is 1.04. The van der Waals surface area contributed by atoms with Crippen molar-refractivity contribution >= 4 is 6.09 Å². The maximum Gasteiger partial charge on any atom is 0.433 e. The lowest BCUT2D eigenvalue weighted by atomic mass is 10.5. The van der Waals surface area contributed by atoms with E-state index in [1.807, 2.05) is 0 Å². The first-order valence-electron chi connectivity index (χ1n) is 3.40. The number of carbonyl (C=O) groups excluding carboxylic acids is 1. The Morgan fingerprint density at radius 1 is 1.75 bits per heavy atom. The van der Waals surface area contributed by atoms with Gasteiger partial charge in [-0.15, -0.1) is 4.91 Å². The summed E-state index contributed by atoms with van der Waals surface area (Å²) in [7, 11) is 0. The summed E-state index contributed by atoms with van der Waals surface area (Å²) in [6.45, 7) is 1.77. The molecule has 0 aliphatic rings. The molecule has 0 fully saturated rings. The third kappa shape index (κ3) is 3.51. The quantitative estimate of drug-likeness (QED) is 0.467. The van der Waals surface area contributed by atoms with Gasteiger partial charge in [0.25, 0.3) is 0 Å². The highest BCUT2D eigenvalue weighted by atomic mass is 16.6. The van der Waals surface area contributed by atoms with Gasteiger partial charge in [-0.3, -0.25) is 0 Å². The van der Waals surface area contributed by atoms with Crippen molar-refractivity contribution in [3.63, 3.8) is 0 Å². The van der Waals surface area contributed by atoms with Crippen molar-refractivity contribution in [1.29, 1.82) is 5.26 Å². The number of hydrogen-bond acceptors (Lipinski definition) is 5. The van der Waals surface area contributed by atoms with Crippen molar-refractivity contribution in [1.82, 2.24) is 5.01 Å². The standard InChI is InChI=1S/C6H9N3O3/c1-2-12-6(10)9(8-11)5-3-4-7/h2-3,5H2,1H3. The van der Waals surface area contributed by atoms with Crippen molar-refractivity contribution in [2.45, 2.75) is 13.3 Å². The number of nitrogens with zero attached hydrogens (tertiary/aromatic N) is 3. The molecule has 0 radical (unpaired) electrons. The van der Waals surface area contributed by atoms with Gasteiger partial charge in [-0.2, -0.15) is 10.3 Å². The fourth-order valence-corrected chi connectivity index (χ4v) is 0.519. The van der Waals surface area contributed by atoms with Crippen molar-refractivity contribution in [3.05, 3.63) is 4.91 Å². The van der Waals surface area contributed by atoms with Crippen LogP contribution in [0.4, 0.5) is 4.79 Å². The van der Waals surface area contributed by atoms with Gasteiger partial charge in [0.2, 0.25) is 0 Å². The Morgan fingerprint density at radius 3 is 2.83 bits per heavy atom. The van der Waals surface area contributed by atoms with Crippen molar-refractivity contribution in [3.8, 4) is 6.07 Å². The monoisotopic (exact) mass is 171 g/mol. The minimum absolute atomic E-state index is 0.0289. The molecular weight excluding hydrogens is 162 g/mol. The van der Waals surface area contributed by atoms with E-state index in [2.05, 4.69) is 10.0 Å². The number of rotatable bonds is 4. The van der Waals surface area contributed by atoms with Gasteiger partial charge in [-0.25, -0.2) is 4.79 Å². The van der Waals surface area contributed by atoms with E-state index in [4.69, 9.17) is 5.26 Å². The number of nitroso groups, excluding NO2 is 1. The maximum atomic E-state index is 10.8. The van der Waals surface area contributed by atoms with Crippen molar-refractivity contribution in [2.24, 2.45) is 5.29 Å². The van der Waals surface area contributed by atoms with E-state index >= 15 is 0 Å². The number of hydrogen-bond donors (Lipinski definition) is 0. The zero-order valence-corrected chi connectivity index (χ0v) is 6.69. The zero-order chi connectivity index (χ0) is 9.40. The van der Waals surface area contributed by atoms with Gasteiger partial charge in [0.05, 0.1) is 30.9 Å². The summed E-state index contributed by atoms with van der Waals surface area (Å²) < 4.78 is 4.48. The summed E-state index contributed by atoms with van der Waals surface area (Å²) in [6, 6.07) is 1.78. The Kier molecular flexibility index (Phi) is 5.26. The van der Waals surface area contributed by atoms with Crippen LogP contribution in [0.25, 0.3) is 0 Å². The molecule has 0 aromatic rings. The Labute approximate surface area is 69.7 Å². The molecule has 0 bridgehead atoms. The Balaban J connectivity index is 3.89. The summed E-state index contributed by atoms with van der Waals surface area (Å²) >= 11 is 0. The molecule has 0 aromatic heterocycles. The number of amides is 1. The Morgan fingerprint density at radius 2 is 2.42 bits per heavy atom. The van der Waals surface area contributed by atoms with Crippen LogP contribution in [0.2, 0.25) is 0 Å². The van der Waals surface area contributed by atoms with Crippen LogP contribution in [0.15, 0.2) is 5.29 Å². The Hall–Kier alpha value is -1.64. The second kappa shape index (κ2) is 6.09. The Bertz CT molecular complexity index is 199. The predicted molar refractivity (Wildman–Crippen MR) is 39.8 cm³/mol. The van der Waals surface area contributed by atoms with E-state index in [0.29, 0.717) is 5.01 Å². The first-order chi connectivity index (χ1) is 5.76. The minimum atomic E-state index is -0.817. The molecule has 0 aliphatic carbocycles. The van der Waals surface area contributed by atoms with E-state index in [-0.39, 0.29) is 19.6 Å². The van der Waals surface area contributed by atoms with Gasteiger partial charge in [0.1, 0.15) is 0 Å². The van der Waals surface area contributed by atoms with E-state index in [1.54, 1.807) is 13.0 Å². The fourth-order valence-electron chi connectivity index (χ4n) is 0.519. The molecule has 0 aromatic carbocycles. The first-order valence-corrected chi connectivity index (χ1v) is 3.40. The molecule has 0 N–H and O–H groups in total. The highest BCUT2D eigenvalue weighted by Gasteiger charge is 2.13. The SMILES string of the molecule is CCOC(=O)N(CCC#N)N=O. The van der Waals surface area contributed by atoms with Gasteiger partial charge in [0.15, 0.2) is 0 Å². The number of ether oxygens (including phenoxy) is 1. The maximum absolute atomic E-state index is 10.8. The number of nitriles is 1. The highest BCUT2D eigenvalue weighted by molar-refractivity contribution is 5.66. The molecular formula is C6H9N3O3. The largest absolute Gasteiger partial charge is 0.448 e. The topological polar surface area (TPSA) is 82.8 Å². The van der Waals surface area contributed by atoms with Crippen LogP contribution in [0.1, 0.15) is 13.3 Å². The van der Waals surface area contributed by atoms with Crippen LogP contribution in [-0.2, 0) is 4.74 Å². The lowest BCUT2D eigenvalue weighted by Crippen LogP contribution is -2.26. The van der Waals surface area contributed by atoms with E-state index in [0.717, 1.165) is 0 Å². The third-order valence-corrected chi connectivity index (χ3v) is 1.01. The lowest BCUT2D eigenvalue weighted by molar-refractivity contribution is 0.108. The zero-order valence-electron chi connectivity index (χ0n) is 6.69. The van der Waals surface area contributed by atoms with Crippen LogP contribution in [0.3, 0.4) is 0 Å². The summed E-state index contributed by atoms with van der Waals surface area (Å²) in [5.74, 6) is 0. The molecule has 0 spiro atoms. The van der Waals surface area contributed by atoms with Crippen LogP contribution in [0.5, 0.6) is 0 Å². The van der Waals surface area contributed by atoms with Gasteiger partial charge in [0, 0.05) is 0 Å². The third-order valence-electron chi connectivity index (χ3n) is 1.01. The van der Waals surface area contributed by atoms with Gasteiger partial charge in [-0.05, 0) is 6.92 Å². The van der Waals surface area contributed by atoms with Crippen LogP contribution in [-0.4, -0.2) is 24.3 Å². The smallest absolute Gasteiger partial charge is 0.433 e. The fraction of sp³-hybridized carbons (Fsp3) is 0.667. The molecule has 6 nitrogen and oxygen atoms in total. The molecule has 0 saturated heterocycles. The molecule has 0 aliphatic heterocycles. The molecule has 66 valence electrons. The van der Waals surface area contributed by atoms with Gasteiger partial charge in [-0.1, -0.05) is 0 Å². The van der Waals surface area contributed by atoms with Crippen LogP contribution < -0.4 is 0 Å². The van der Waals surface area contributed by atoms with Gasteiger partial charge < -0.3 is 4.74 Å². The molecule has 0 heterocycles. The van der Waals surface area contributed by atoms with E-state index < -0.39 is 6.09 Å². The minimum Gasteiger partial charge on any atom is -0.448 e. The molecule has 12 heavy (non-hydrogen) atoms. The summed E-state index contributed by atoms with van der Waals surface area (Å²) in [5.41, 5.74) is 0. The van der Waals surface area contributed by atoms with Crippen LogP contribution in [0, 0.1) is 16.2 Å². The van der Waals surface area contributed by atoms with Crippen molar-refractivity contribution in [2.75, 3.05) is 13.2 Å². The second-order valence-corrected chi connectivity index (χ2v) is 1.81. The molecule has 1 amide bonds. The molecule has 6 heteroatoms.